The summed E-state index contributed by atoms with van der Waals surface area (Å²) in [5.74, 6) is 0.700. The summed E-state index contributed by atoms with van der Waals surface area (Å²) in [6.07, 6.45) is 1.32. The molecule has 2 aliphatic rings. The SMILES string of the molecule is CC[C@@H]1CN(C(=O)[C@H]2CC(=O)N(Cc3ccc(OC)cc3)C2)CCO1. The van der Waals surface area contributed by atoms with Crippen LogP contribution in [0.4, 0.5) is 0 Å². The largest absolute Gasteiger partial charge is 0.497 e. The van der Waals surface area contributed by atoms with Gasteiger partial charge in [-0.05, 0) is 24.1 Å². The maximum atomic E-state index is 12.8. The second-order valence-corrected chi connectivity index (χ2v) is 6.71. The number of hydrogen-bond acceptors (Lipinski definition) is 4. The molecule has 0 unspecified atom stereocenters. The van der Waals surface area contributed by atoms with Crippen LogP contribution in [0.15, 0.2) is 24.3 Å². The summed E-state index contributed by atoms with van der Waals surface area (Å²) in [5, 5.41) is 0. The van der Waals surface area contributed by atoms with Gasteiger partial charge in [0.05, 0.1) is 25.7 Å². The Hall–Kier alpha value is -2.08. The molecule has 2 fully saturated rings. The molecule has 0 aromatic heterocycles. The Balaban J connectivity index is 1.58. The molecule has 1 aromatic carbocycles. The summed E-state index contributed by atoms with van der Waals surface area (Å²) in [4.78, 5) is 28.7. The van der Waals surface area contributed by atoms with E-state index < -0.39 is 0 Å². The lowest BCUT2D eigenvalue weighted by Gasteiger charge is -2.34. The Morgan fingerprint density at radius 2 is 2.04 bits per heavy atom. The van der Waals surface area contributed by atoms with E-state index in [2.05, 4.69) is 6.92 Å². The molecule has 0 bridgehead atoms. The molecule has 0 saturated carbocycles. The van der Waals surface area contributed by atoms with Crippen LogP contribution in [0.25, 0.3) is 0 Å². The number of carbonyl (C=O) groups is 2. The molecule has 2 atom stereocenters. The first-order valence-electron chi connectivity index (χ1n) is 8.91. The van der Waals surface area contributed by atoms with Gasteiger partial charge in [0.15, 0.2) is 0 Å². The highest BCUT2D eigenvalue weighted by Crippen LogP contribution is 2.24. The Morgan fingerprint density at radius 1 is 1.28 bits per heavy atom. The average molecular weight is 346 g/mol. The van der Waals surface area contributed by atoms with Crippen molar-refractivity contribution in [2.45, 2.75) is 32.4 Å². The molecule has 2 heterocycles. The van der Waals surface area contributed by atoms with Crippen molar-refractivity contribution in [2.24, 2.45) is 5.92 Å². The van der Waals surface area contributed by atoms with Crippen molar-refractivity contribution in [2.75, 3.05) is 33.4 Å². The number of nitrogens with zero attached hydrogens (tertiary/aromatic N) is 2. The molecular formula is C19H26N2O4. The van der Waals surface area contributed by atoms with Gasteiger partial charge in [-0.2, -0.15) is 0 Å². The number of methoxy groups -OCH3 is 1. The quantitative estimate of drug-likeness (QED) is 0.814. The summed E-state index contributed by atoms with van der Waals surface area (Å²) >= 11 is 0. The molecule has 1 aromatic rings. The fourth-order valence-electron chi connectivity index (χ4n) is 3.47. The van der Waals surface area contributed by atoms with E-state index in [1.165, 1.54) is 0 Å². The van der Waals surface area contributed by atoms with Gasteiger partial charge >= 0.3 is 0 Å². The molecule has 25 heavy (non-hydrogen) atoms. The van der Waals surface area contributed by atoms with Crippen LogP contribution in [0.1, 0.15) is 25.3 Å². The number of morpholine rings is 1. The van der Waals surface area contributed by atoms with Crippen LogP contribution in [0.2, 0.25) is 0 Å². The highest BCUT2D eigenvalue weighted by atomic mass is 16.5. The first kappa shape index (κ1) is 17.7. The monoisotopic (exact) mass is 346 g/mol. The van der Waals surface area contributed by atoms with Gasteiger partial charge in [-0.15, -0.1) is 0 Å². The van der Waals surface area contributed by atoms with Gasteiger partial charge in [0.1, 0.15) is 5.75 Å². The minimum Gasteiger partial charge on any atom is -0.497 e. The minimum absolute atomic E-state index is 0.0504. The number of amides is 2. The summed E-state index contributed by atoms with van der Waals surface area (Å²) in [6, 6.07) is 7.68. The van der Waals surface area contributed by atoms with Crippen molar-refractivity contribution in [3.8, 4) is 5.75 Å². The van der Waals surface area contributed by atoms with Crippen molar-refractivity contribution in [3.05, 3.63) is 29.8 Å². The number of carbonyl (C=O) groups excluding carboxylic acids is 2. The number of ether oxygens (including phenoxy) is 2. The fraction of sp³-hybridized carbons (Fsp3) is 0.579. The third-order valence-corrected chi connectivity index (χ3v) is 5.00. The average Bonchev–Trinajstić information content (AvgIpc) is 3.02. The Morgan fingerprint density at radius 3 is 2.72 bits per heavy atom. The van der Waals surface area contributed by atoms with Crippen LogP contribution in [0, 0.1) is 5.92 Å². The molecule has 0 N–H and O–H groups in total. The van der Waals surface area contributed by atoms with Crippen LogP contribution < -0.4 is 4.74 Å². The predicted octanol–water partition coefficient (Wildman–Crippen LogP) is 1.68. The maximum Gasteiger partial charge on any atom is 0.228 e. The second-order valence-electron chi connectivity index (χ2n) is 6.71. The Kier molecular flexibility index (Phi) is 5.58. The molecule has 6 heteroatoms. The number of rotatable bonds is 5. The van der Waals surface area contributed by atoms with E-state index in [0.29, 0.717) is 39.2 Å². The zero-order chi connectivity index (χ0) is 17.8. The molecule has 2 aliphatic heterocycles. The van der Waals surface area contributed by atoms with E-state index in [1.54, 1.807) is 12.0 Å². The zero-order valence-electron chi connectivity index (χ0n) is 14.9. The topological polar surface area (TPSA) is 59.1 Å². The maximum absolute atomic E-state index is 12.8. The van der Waals surface area contributed by atoms with E-state index in [1.807, 2.05) is 29.2 Å². The Labute approximate surface area is 148 Å². The fourth-order valence-corrected chi connectivity index (χ4v) is 3.47. The molecule has 0 aliphatic carbocycles. The summed E-state index contributed by atoms with van der Waals surface area (Å²) in [5.41, 5.74) is 1.04. The predicted molar refractivity (Wildman–Crippen MR) is 93.1 cm³/mol. The number of hydrogen-bond donors (Lipinski definition) is 0. The molecule has 2 amide bonds. The van der Waals surface area contributed by atoms with Gasteiger partial charge in [0.2, 0.25) is 11.8 Å². The third-order valence-electron chi connectivity index (χ3n) is 5.00. The number of benzene rings is 1. The normalized spacial score (nSPS) is 23.8. The molecule has 136 valence electrons. The zero-order valence-corrected chi connectivity index (χ0v) is 14.9. The van der Waals surface area contributed by atoms with Crippen molar-refractivity contribution < 1.29 is 19.1 Å². The van der Waals surface area contributed by atoms with E-state index in [0.717, 1.165) is 17.7 Å². The lowest BCUT2D eigenvalue weighted by molar-refractivity contribution is -0.143. The second kappa shape index (κ2) is 7.87. The first-order chi connectivity index (χ1) is 12.1. The molecule has 0 spiro atoms. The number of likely N-dealkylation sites (tertiary alicyclic amines) is 1. The van der Waals surface area contributed by atoms with E-state index >= 15 is 0 Å². The first-order valence-corrected chi connectivity index (χ1v) is 8.91. The van der Waals surface area contributed by atoms with Gasteiger partial charge in [-0.3, -0.25) is 9.59 Å². The van der Waals surface area contributed by atoms with Gasteiger partial charge in [-0.25, -0.2) is 0 Å². The summed E-state index contributed by atoms with van der Waals surface area (Å²) in [7, 11) is 1.63. The smallest absolute Gasteiger partial charge is 0.228 e. The van der Waals surface area contributed by atoms with Crippen LogP contribution in [0.5, 0.6) is 5.75 Å². The van der Waals surface area contributed by atoms with Gasteiger partial charge in [0, 0.05) is 32.6 Å². The lowest BCUT2D eigenvalue weighted by atomic mass is 10.1. The molecular weight excluding hydrogens is 320 g/mol. The van der Waals surface area contributed by atoms with Gasteiger partial charge in [0.25, 0.3) is 0 Å². The lowest BCUT2D eigenvalue weighted by Crippen LogP contribution is -2.48. The minimum atomic E-state index is -0.235. The van der Waals surface area contributed by atoms with E-state index in [9.17, 15) is 9.59 Å². The van der Waals surface area contributed by atoms with Gasteiger partial charge in [-0.1, -0.05) is 19.1 Å². The van der Waals surface area contributed by atoms with Crippen molar-refractivity contribution in [1.82, 2.24) is 9.80 Å². The van der Waals surface area contributed by atoms with E-state index in [4.69, 9.17) is 9.47 Å². The van der Waals surface area contributed by atoms with Crippen LogP contribution in [0.3, 0.4) is 0 Å². The molecule has 3 rings (SSSR count). The highest BCUT2D eigenvalue weighted by molar-refractivity contribution is 5.89. The Bertz CT molecular complexity index is 616. The summed E-state index contributed by atoms with van der Waals surface area (Å²) in [6.45, 7) is 4.94. The van der Waals surface area contributed by atoms with Crippen molar-refractivity contribution in [1.29, 1.82) is 0 Å². The molecule has 2 saturated heterocycles. The van der Waals surface area contributed by atoms with Crippen LogP contribution in [-0.2, 0) is 20.9 Å². The molecule has 0 radical (unpaired) electrons. The molecule has 6 nitrogen and oxygen atoms in total. The van der Waals surface area contributed by atoms with Crippen molar-refractivity contribution in [3.63, 3.8) is 0 Å². The summed E-state index contributed by atoms with van der Waals surface area (Å²) < 4.78 is 10.8. The van der Waals surface area contributed by atoms with E-state index in [-0.39, 0.29) is 23.8 Å². The highest BCUT2D eigenvalue weighted by Gasteiger charge is 2.37. The van der Waals surface area contributed by atoms with Crippen molar-refractivity contribution >= 4 is 11.8 Å². The van der Waals surface area contributed by atoms with Crippen LogP contribution >= 0.6 is 0 Å². The standard InChI is InChI=1S/C19H26N2O4/c1-3-16-13-20(8-9-25-16)19(23)15-10-18(22)21(12-15)11-14-4-6-17(24-2)7-5-14/h4-7,15-16H,3,8-13H2,1-2H3/t15-,16+/m0/s1. The van der Waals surface area contributed by atoms with Crippen LogP contribution in [-0.4, -0.2) is 61.1 Å². The van der Waals surface area contributed by atoms with Gasteiger partial charge < -0.3 is 19.3 Å². The third kappa shape index (κ3) is 4.12.